The molecule has 0 aromatic rings. The number of amides is 1. The predicted octanol–water partition coefficient (Wildman–Crippen LogP) is 1.27. The van der Waals surface area contributed by atoms with E-state index in [-0.39, 0.29) is 17.7 Å². The lowest BCUT2D eigenvalue weighted by Crippen LogP contribution is -2.61. The summed E-state index contributed by atoms with van der Waals surface area (Å²) in [6, 6.07) is 0.561. The van der Waals surface area contributed by atoms with E-state index in [0.29, 0.717) is 6.04 Å². The van der Waals surface area contributed by atoms with Gasteiger partial charge in [-0.25, -0.2) is 4.79 Å². The first-order chi connectivity index (χ1) is 10.9. The maximum Gasteiger partial charge on any atom is 0.407 e. The molecular weight excluding hydrogens is 292 g/mol. The maximum absolute atomic E-state index is 12.1. The van der Waals surface area contributed by atoms with Gasteiger partial charge >= 0.3 is 6.09 Å². The first kappa shape index (κ1) is 18.5. The topological polar surface area (TPSA) is 56.8 Å². The van der Waals surface area contributed by atoms with Gasteiger partial charge in [-0.3, -0.25) is 0 Å². The lowest BCUT2D eigenvalue weighted by Gasteiger charge is -2.42. The molecule has 134 valence electrons. The first-order valence-electron chi connectivity index (χ1n) is 8.98. The van der Waals surface area contributed by atoms with Crippen LogP contribution in [0.4, 0.5) is 4.79 Å². The number of rotatable bonds is 5. The maximum atomic E-state index is 12.1. The molecule has 0 aliphatic carbocycles. The number of ether oxygens (including phenoxy) is 1. The van der Waals surface area contributed by atoms with Crippen LogP contribution < -0.4 is 10.6 Å². The van der Waals surface area contributed by atoms with Crippen molar-refractivity contribution < 1.29 is 9.53 Å². The van der Waals surface area contributed by atoms with Gasteiger partial charge in [-0.1, -0.05) is 0 Å². The first-order valence-corrected chi connectivity index (χ1v) is 8.98. The minimum atomic E-state index is -0.283. The molecule has 0 radical (unpaired) electrons. The van der Waals surface area contributed by atoms with E-state index in [1.807, 2.05) is 13.8 Å². The molecule has 6 nitrogen and oxygen atoms in total. The minimum Gasteiger partial charge on any atom is -0.447 e. The number of carbonyl (C=O) groups is 1. The SMILES string of the molecule is CC(C)OC(=O)NC1(CNC2CCN(C)CC2)CCN(C)CC1. The Labute approximate surface area is 140 Å². The normalized spacial score (nSPS) is 23.9. The molecule has 1 amide bonds. The van der Waals surface area contributed by atoms with Gasteiger partial charge in [0.1, 0.15) is 0 Å². The number of nitrogens with one attached hydrogen (secondary N) is 2. The van der Waals surface area contributed by atoms with Crippen molar-refractivity contribution in [1.29, 1.82) is 0 Å². The molecule has 2 heterocycles. The summed E-state index contributed by atoms with van der Waals surface area (Å²) in [5, 5.41) is 6.88. The molecule has 0 atom stereocenters. The highest BCUT2D eigenvalue weighted by atomic mass is 16.6. The van der Waals surface area contributed by atoms with E-state index in [4.69, 9.17) is 4.74 Å². The zero-order valence-corrected chi connectivity index (χ0v) is 15.2. The summed E-state index contributed by atoms with van der Waals surface area (Å²) in [5.41, 5.74) is -0.179. The lowest BCUT2D eigenvalue weighted by atomic mass is 9.87. The monoisotopic (exact) mass is 326 g/mol. The third kappa shape index (κ3) is 5.94. The molecule has 0 unspecified atom stereocenters. The van der Waals surface area contributed by atoms with E-state index in [2.05, 4.69) is 34.5 Å². The van der Waals surface area contributed by atoms with Gasteiger partial charge in [0.15, 0.2) is 0 Å². The number of nitrogens with zero attached hydrogens (tertiary/aromatic N) is 2. The zero-order valence-electron chi connectivity index (χ0n) is 15.2. The molecule has 2 saturated heterocycles. The summed E-state index contributed by atoms with van der Waals surface area (Å²) in [4.78, 5) is 16.8. The van der Waals surface area contributed by atoms with Crippen molar-refractivity contribution in [2.24, 2.45) is 0 Å². The van der Waals surface area contributed by atoms with Crippen LogP contribution in [0.1, 0.15) is 39.5 Å². The van der Waals surface area contributed by atoms with Crippen LogP contribution in [0, 0.1) is 0 Å². The summed E-state index contributed by atoms with van der Waals surface area (Å²) in [5.74, 6) is 0. The van der Waals surface area contributed by atoms with Crippen molar-refractivity contribution >= 4 is 6.09 Å². The molecule has 2 N–H and O–H groups in total. The van der Waals surface area contributed by atoms with Gasteiger partial charge in [0.2, 0.25) is 0 Å². The fourth-order valence-corrected chi connectivity index (χ4v) is 3.40. The van der Waals surface area contributed by atoms with Gasteiger partial charge in [-0.2, -0.15) is 0 Å². The Morgan fingerprint density at radius 3 is 2.26 bits per heavy atom. The number of alkyl carbamates (subject to hydrolysis) is 1. The fourth-order valence-electron chi connectivity index (χ4n) is 3.40. The average Bonchev–Trinajstić information content (AvgIpc) is 2.49. The van der Waals surface area contributed by atoms with Crippen LogP contribution in [0.25, 0.3) is 0 Å². The molecule has 23 heavy (non-hydrogen) atoms. The smallest absolute Gasteiger partial charge is 0.407 e. The van der Waals surface area contributed by atoms with Crippen LogP contribution in [0.2, 0.25) is 0 Å². The number of carbonyl (C=O) groups excluding carboxylic acids is 1. The molecule has 0 saturated carbocycles. The standard InChI is InChI=1S/C17H34N4O2/c1-14(2)23-16(22)19-17(7-11-21(4)12-8-17)13-18-15-5-9-20(3)10-6-15/h14-15,18H,5-13H2,1-4H3,(H,19,22). The molecular formula is C17H34N4O2. The summed E-state index contributed by atoms with van der Waals surface area (Å²) < 4.78 is 5.31. The van der Waals surface area contributed by atoms with E-state index in [9.17, 15) is 4.79 Å². The van der Waals surface area contributed by atoms with Crippen LogP contribution in [-0.2, 0) is 4.74 Å². The minimum absolute atomic E-state index is 0.0832. The highest BCUT2D eigenvalue weighted by Gasteiger charge is 2.36. The molecule has 0 aromatic heterocycles. The van der Waals surface area contributed by atoms with Gasteiger partial charge < -0.3 is 25.2 Å². The molecule has 2 aliphatic rings. The fraction of sp³-hybridized carbons (Fsp3) is 0.941. The van der Waals surface area contributed by atoms with E-state index in [0.717, 1.165) is 45.6 Å². The van der Waals surface area contributed by atoms with E-state index >= 15 is 0 Å². The third-order valence-corrected chi connectivity index (χ3v) is 5.10. The van der Waals surface area contributed by atoms with E-state index < -0.39 is 0 Å². The summed E-state index contributed by atoms with van der Waals surface area (Å²) in [6.07, 6.45) is 3.94. The Morgan fingerprint density at radius 2 is 1.70 bits per heavy atom. The quantitative estimate of drug-likeness (QED) is 0.797. The van der Waals surface area contributed by atoms with Gasteiger partial charge in [-0.05, 0) is 66.7 Å². The molecule has 0 bridgehead atoms. The molecule has 2 aliphatic heterocycles. The Balaban J connectivity index is 1.89. The lowest BCUT2D eigenvalue weighted by molar-refractivity contribution is 0.0867. The molecule has 6 heteroatoms. The van der Waals surface area contributed by atoms with Crippen molar-refractivity contribution in [2.75, 3.05) is 46.8 Å². The van der Waals surface area contributed by atoms with Crippen LogP contribution in [0.5, 0.6) is 0 Å². The Kier molecular flexibility index (Phi) is 6.68. The van der Waals surface area contributed by atoms with Gasteiger partial charge in [-0.15, -0.1) is 0 Å². The van der Waals surface area contributed by atoms with Crippen molar-refractivity contribution in [3.63, 3.8) is 0 Å². The summed E-state index contributed by atoms with van der Waals surface area (Å²) >= 11 is 0. The Morgan fingerprint density at radius 1 is 1.13 bits per heavy atom. The van der Waals surface area contributed by atoms with Gasteiger partial charge in [0.05, 0.1) is 11.6 Å². The van der Waals surface area contributed by atoms with Crippen LogP contribution in [0.15, 0.2) is 0 Å². The second-order valence-electron chi connectivity index (χ2n) is 7.62. The van der Waals surface area contributed by atoms with Crippen molar-refractivity contribution in [3.05, 3.63) is 0 Å². The second kappa shape index (κ2) is 8.31. The van der Waals surface area contributed by atoms with E-state index in [1.165, 1.54) is 12.8 Å². The third-order valence-electron chi connectivity index (χ3n) is 5.10. The van der Waals surface area contributed by atoms with Crippen molar-refractivity contribution in [3.8, 4) is 0 Å². The van der Waals surface area contributed by atoms with Gasteiger partial charge in [0.25, 0.3) is 0 Å². The second-order valence-corrected chi connectivity index (χ2v) is 7.62. The van der Waals surface area contributed by atoms with Crippen LogP contribution >= 0.6 is 0 Å². The van der Waals surface area contributed by atoms with Crippen LogP contribution in [0.3, 0.4) is 0 Å². The molecule has 2 rings (SSSR count). The number of hydrogen-bond acceptors (Lipinski definition) is 5. The summed E-state index contributed by atoms with van der Waals surface area (Å²) in [6.45, 7) is 8.93. The Bertz CT molecular complexity index is 373. The Hall–Kier alpha value is -0.850. The number of hydrogen-bond donors (Lipinski definition) is 2. The van der Waals surface area contributed by atoms with Gasteiger partial charge in [0, 0.05) is 25.7 Å². The molecule has 0 aromatic carbocycles. The highest BCUT2D eigenvalue weighted by Crippen LogP contribution is 2.22. The largest absolute Gasteiger partial charge is 0.447 e. The summed E-state index contributed by atoms with van der Waals surface area (Å²) in [7, 11) is 4.32. The molecule has 0 spiro atoms. The van der Waals surface area contributed by atoms with E-state index in [1.54, 1.807) is 0 Å². The van der Waals surface area contributed by atoms with Crippen LogP contribution in [-0.4, -0.2) is 80.4 Å². The predicted molar refractivity (Wildman–Crippen MR) is 92.7 cm³/mol. The van der Waals surface area contributed by atoms with Crippen molar-refractivity contribution in [1.82, 2.24) is 20.4 Å². The van der Waals surface area contributed by atoms with Crippen molar-refractivity contribution in [2.45, 2.75) is 57.2 Å². The zero-order chi connectivity index (χ0) is 16.9. The number of piperidine rings is 2. The molecule has 2 fully saturated rings. The average molecular weight is 326 g/mol. The number of likely N-dealkylation sites (tertiary alicyclic amines) is 2. The highest BCUT2D eigenvalue weighted by molar-refractivity contribution is 5.68.